The number of imidazole rings is 2. The zero-order chi connectivity index (χ0) is 45.8. The Morgan fingerprint density at radius 1 is 0.781 bits per heavy atom. The van der Waals surface area contributed by atoms with Crippen LogP contribution in [0.15, 0.2) is 60.8 Å². The lowest BCUT2D eigenvalue weighted by Gasteiger charge is -2.42. The smallest absolute Gasteiger partial charge is 0.407 e. The average molecular weight is 901 g/mol. The Kier molecular flexibility index (Phi) is 12.2. The molecule has 8 rings (SSSR count). The van der Waals surface area contributed by atoms with E-state index in [2.05, 4.69) is 43.9 Å². The van der Waals surface area contributed by atoms with E-state index in [4.69, 9.17) is 14.7 Å². The molecule has 3 aliphatic rings. The van der Waals surface area contributed by atoms with Crippen LogP contribution in [0.3, 0.4) is 0 Å². The first kappa shape index (κ1) is 44.9. The molecule has 6 atom stereocenters. The van der Waals surface area contributed by atoms with Gasteiger partial charge in [-0.05, 0) is 88.3 Å². The number of carbonyl (C=O) groups excluding carboxylic acids is 4. The van der Waals surface area contributed by atoms with Gasteiger partial charge in [-0.2, -0.15) is 0 Å². The third-order valence-electron chi connectivity index (χ3n) is 13.2. The van der Waals surface area contributed by atoms with Gasteiger partial charge >= 0.3 is 12.2 Å². The Bertz CT molecular complexity index is 2580. The van der Waals surface area contributed by atoms with Crippen LogP contribution in [0.5, 0.6) is 0 Å². The van der Waals surface area contributed by atoms with E-state index in [1.54, 1.807) is 13.8 Å². The van der Waals surface area contributed by atoms with Gasteiger partial charge in [-0.25, -0.2) is 38.4 Å². The number of piperidine rings is 1. The summed E-state index contributed by atoms with van der Waals surface area (Å²) in [5.74, 6) is -0.243. The van der Waals surface area contributed by atoms with Crippen molar-refractivity contribution in [1.82, 2.24) is 40.4 Å². The summed E-state index contributed by atoms with van der Waals surface area (Å²) in [5, 5.41) is 7.01. The van der Waals surface area contributed by atoms with E-state index in [1.807, 2.05) is 73.5 Å². The average Bonchev–Trinajstić information content (AvgIpc) is 4.06. The minimum atomic E-state index is -3.14. The molecule has 3 aromatic carbocycles. The first-order valence-electron chi connectivity index (χ1n) is 21.8. The molecule has 5 aromatic rings. The molecule has 4 amide bonds. The fourth-order valence-electron chi connectivity index (χ4n) is 9.96. The second-order valence-corrected chi connectivity index (χ2v) is 23.1. The molecule has 5 heterocycles. The highest BCUT2D eigenvalue weighted by Crippen LogP contribution is 2.56. The standard InChI is InChI=1S/C47H58F2N8O6S/c1-25(2)38(54-45(60)62-5)43(58)56-21-32-23-64(7,8)22-31(32)18-36(56)41-50-20-35(52-41)28-11-9-27(10-12-28)29-13-15-33-30(17-29)14-16-34-40(33)53-42(51-34)37-19-47(48,49)24-57(37)44(59)39(26(3)4)55-46(61)63-6/h9-17,20,25-26,31-32,36-39H,18-19,21-24H2,1-8H3,(H,50,52)(H,51,53)(H,54,60)(H,55,61)/t31-,32-,36-,37-,38-,39-/m0/s1. The number of benzene rings is 3. The maximum absolute atomic E-state index is 15.0. The van der Waals surface area contributed by atoms with E-state index < -0.39 is 65.1 Å². The Morgan fingerprint density at radius 3 is 2.03 bits per heavy atom. The lowest BCUT2D eigenvalue weighted by molar-refractivity contribution is -0.140. The number of rotatable bonds is 10. The highest BCUT2D eigenvalue weighted by molar-refractivity contribution is 8.32. The fourth-order valence-corrected chi connectivity index (χ4v) is 13.2. The van der Waals surface area contributed by atoms with Crippen molar-refractivity contribution in [2.75, 3.05) is 51.3 Å². The van der Waals surface area contributed by atoms with Gasteiger partial charge in [0.1, 0.15) is 23.7 Å². The summed E-state index contributed by atoms with van der Waals surface area (Å²) in [6.07, 6.45) is 5.33. The summed E-state index contributed by atoms with van der Waals surface area (Å²) in [5.41, 5.74) is 4.97. The van der Waals surface area contributed by atoms with Crippen LogP contribution in [-0.4, -0.2) is 123 Å². The van der Waals surface area contributed by atoms with Gasteiger partial charge in [0, 0.05) is 18.4 Å². The van der Waals surface area contributed by atoms with Gasteiger partial charge in [0.25, 0.3) is 5.92 Å². The van der Waals surface area contributed by atoms with Crippen molar-refractivity contribution in [3.63, 3.8) is 0 Å². The van der Waals surface area contributed by atoms with E-state index in [0.29, 0.717) is 29.4 Å². The number of hydrogen-bond acceptors (Lipinski definition) is 8. The Hall–Kier alpha value is -5.71. The number of aromatic nitrogens is 4. The van der Waals surface area contributed by atoms with Gasteiger partial charge in [0.15, 0.2) is 0 Å². The Balaban J connectivity index is 1.02. The normalized spacial score (nSPS) is 22.9. The summed E-state index contributed by atoms with van der Waals surface area (Å²) < 4.78 is 39.6. The molecule has 0 unspecified atom stereocenters. The minimum Gasteiger partial charge on any atom is -0.453 e. The highest BCUT2D eigenvalue weighted by atomic mass is 32.3. The highest BCUT2D eigenvalue weighted by Gasteiger charge is 2.51. The molecule has 14 nitrogen and oxygen atoms in total. The molecule has 4 N–H and O–H groups in total. The van der Waals surface area contributed by atoms with E-state index in [0.717, 1.165) is 56.1 Å². The van der Waals surface area contributed by atoms with Crippen molar-refractivity contribution in [1.29, 1.82) is 0 Å². The number of fused-ring (bicyclic) bond motifs is 4. The van der Waals surface area contributed by atoms with Gasteiger partial charge in [0.05, 0.1) is 55.8 Å². The van der Waals surface area contributed by atoms with E-state index in [9.17, 15) is 19.2 Å². The summed E-state index contributed by atoms with van der Waals surface area (Å²) >= 11 is 0. The van der Waals surface area contributed by atoms with Crippen molar-refractivity contribution in [2.24, 2.45) is 23.7 Å². The maximum atomic E-state index is 15.0. The van der Waals surface area contributed by atoms with E-state index >= 15 is 8.78 Å². The van der Waals surface area contributed by atoms with Crippen LogP contribution in [0.2, 0.25) is 0 Å². The van der Waals surface area contributed by atoms with Crippen LogP contribution >= 0.6 is 10.0 Å². The predicted molar refractivity (Wildman–Crippen MR) is 244 cm³/mol. The molecule has 3 aliphatic heterocycles. The van der Waals surface area contributed by atoms with E-state index in [1.165, 1.54) is 20.0 Å². The summed E-state index contributed by atoms with van der Waals surface area (Å²) in [6, 6.07) is 14.9. The maximum Gasteiger partial charge on any atom is 0.407 e. The lowest BCUT2D eigenvalue weighted by atomic mass is 9.83. The number of nitrogens with zero attached hydrogens (tertiary/aromatic N) is 4. The van der Waals surface area contributed by atoms with Gasteiger partial charge in [0.2, 0.25) is 11.8 Å². The molecule has 0 aliphatic carbocycles. The number of likely N-dealkylation sites (tertiary alicyclic amines) is 2. The third kappa shape index (κ3) is 8.87. The number of H-pyrrole nitrogens is 2. The second kappa shape index (κ2) is 17.3. The lowest BCUT2D eigenvalue weighted by Crippen LogP contribution is -2.55. The molecule has 0 radical (unpaired) electrons. The number of alkyl halides is 2. The first-order chi connectivity index (χ1) is 30.3. The third-order valence-corrected chi connectivity index (χ3v) is 15.9. The number of ether oxygens (including phenoxy) is 2. The van der Waals surface area contributed by atoms with E-state index in [-0.39, 0.29) is 29.6 Å². The minimum absolute atomic E-state index is 0.127. The SMILES string of the molecule is COC(=O)N[C@H](C(=O)N1C[C@H]2CS(C)(C)C[C@@H]2C[C@H]1c1ncc(-c2ccc(-c3ccc4c(ccc5[nH]c([C@@H]6CC(F)(F)CN6C(=O)[C@@H](NC(=O)OC)C(C)C)nc54)c3)cc2)[nH]1)C(C)C. The number of alkyl carbamates (subject to hydrolysis) is 2. The molecule has 64 heavy (non-hydrogen) atoms. The van der Waals surface area contributed by atoms with Crippen LogP contribution in [0, 0.1) is 23.7 Å². The Morgan fingerprint density at radius 2 is 1.39 bits per heavy atom. The van der Waals surface area contributed by atoms with Crippen LogP contribution in [0.1, 0.15) is 64.3 Å². The molecular formula is C47H58F2N8O6S. The number of nitrogens with one attached hydrogen (secondary N) is 4. The topological polar surface area (TPSA) is 175 Å². The number of halogens is 2. The van der Waals surface area contributed by atoms with Gasteiger partial charge < -0.3 is 39.9 Å². The zero-order valence-electron chi connectivity index (χ0n) is 37.5. The van der Waals surface area contributed by atoms with Crippen LogP contribution < -0.4 is 10.6 Å². The monoisotopic (exact) mass is 900 g/mol. The number of hydrogen-bond donors (Lipinski definition) is 4. The quantitative estimate of drug-likeness (QED) is 0.109. The molecule has 0 bridgehead atoms. The van der Waals surface area contributed by atoms with Gasteiger partial charge in [-0.1, -0.05) is 70.2 Å². The van der Waals surface area contributed by atoms with Crippen LogP contribution in [0.25, 0.3) is 44.2 Å². The fraction of sp³-hybridized carbons (Fsp3) is 0.489. The molecule has 3 saturated heterocycles. The number of carbonyl (C=O) groups is 4. The zero-order valence-corrected chi connectivity index (χ0v) is 38.4. The van der Waals surface area contributed by atoms with Gasteiger partial charge in [-0.15, -0.1) is 0 Å². The first-order valence-corrected chi connectivity index (χ1v) is 24.6. The summed E-state index contributed by atoms with van der Waals surface area (Å²) in [6.45, 7) is 7.13. The molecule has 17 heteroatoms. The van der Waals surface area contributed by atoms with Crippen molar-refractivity contribution in [2.45, 2.75) is 70.6 Å². The van der Waals surface area contributed by atoms with Crippen LogP contribution in [-0.2, 0) is 19.1 Å². The number of methoxy groups -OCH3 is 2. The predicted octanol–water partition coefficient (Wildman–Crippen LogP) is 8.03. The molecule has 2 aromatic heterocycles. The van der Waals surface area contributed by atoms with Crippen molar-refractivity contribution in [3.05, 3.63) is 72.4 Å². The van der Waals surface area contributed by atoms with Crippen molar-refractivity contribution < 1.29 is 37.4 Å². The number of aromatic amines is 2. The van der Waals surface area contributed by atoms with Crippen molar-refractivity contribution >= 4 is 55.8 Å². The molecule has 3 fully saturated rings. The summed E-state index contributed by atoms with van der Waals surface area (Å²) in [7, 11) is 1.72. The second-order valence-electron chi connectivity index (χ2n) is 18.9. The van der Waals surface area contributed by atoms with Crippen molar-refractivity contribution in [3.8, 4) is 22.4 Å². The molecule has 0 spiro atoms. The Labute approximate surface area is 372 Å². The largest absolute Gasteiger partial charge is 0.453 e. The molecule has 342 valence electrons. The van der Waals surface area contributed by atoms with Gasteiger partial charge in [-0.3, -0.25) is 9.59 Å². The van der Waals surface area contributed by atoms with Crippen LogP contribution in [0.4, 0.5) is 18.4 Å². The summed E-state index contributed by atoms with van der Waals surface area (Å²) in [4.78, 5) is 71.8. The molecule has 0 saturated carbocycles. The number of amides is 4. The molecular weight excluding hydrogens is 843 g/mol.